The maximum absolute atomic E-state index is 12.3. The van der Waals surface area contributed by atoms with E-state index in [2.05, 4.69) is 10.6 Å². The smallest absolute Gasteiger partial charge is 0.243 e. The van der Waals surface area contributed by atoms with E-state index in [-0.39, 0.29) is 36.7 Å². The number of nitrogens with one attached hydrogen (secondary N) is 2. The third-order valence-electron chi connectivity index (χ3n) is 3.61. The number of likely N-dealkylation sites (N-methyl/N-ethyl adjacent to an activating group) is 1. The molecule has 1 atom stereocenters. The van der Waals surface area contributed by atoms with E-state index in [0.717, 1.165) is 19.4 Å². The molecule has 1 saturated heterocycles. The Morgan fingerprint density at radius 1 is 1.35 bits per heavy atom. The van der Waals surface area contributed by atoms with Gasteiger partial charge in [-0.15, -0.1) is 12.4 Å². The summed E-state index contributed by atoms with van der Waals surface area (Å²) < 4.78 is 0. The fourth-order valence-corrected chi connectivity index (χ4v) is 2.74. The van der Waals surface area contributed by atoms with Gasteiger partial charge in [0.25, 0.3) is 0 Å². The van der Waals surface area contributed by atoms with Crippen molar-refractivity contribution in [2.75, 3.05) is 32.0 Å². The molecule has 0 spiro atoms. The number of piperidine rings is 1. The van der Waals surface area contributed by atoms with Gasteiger partial charge in [0.2, 0.25) is 11.8 Å². The molecule has 1 aromatic carbocycles. The highest BCUT2D eigenvalue weighted by Crippen LogP contribution is 2.25. The molecule has 128 valence electrons. The lowest BCUT2D eigenvalue weighted by atomic mass is 9.98. The largest absolute Gasteiger partial charge is 0.336 e. The number of anilines is 1. The number of rotatable bonds is 4. The minimum absolute atomic E-state index is 0. The van der Waals surface area contributed by atoms with Crippen LogP contribution in [0.4, 0.5) is 5.69 Å². The highest BCUT2D eigenvalue weighted by atomic mass is 35.5. The maximum atomic E-state index is 12.3. The Hall–Kier alpha value is -1.01. The van der Waals surface area contributed by atoms with Crippen LogP contribution in [0.1, 0.15) is 12.8 Å². The van der Waals surface area contributed by atoms with E-state index in [0.29, 0.717) is 22.3 Å². The zero-order valence-corrected chi connectivity index (χ0v) is 15.1. The van der Waals surface area contributed by atoms with E-state index >= 15 is 0 Å². The van der Waals surface area contributed by atoms with E-state index in [1.54, 1.807) is 25.2 Å². The Balaban J connectivity index is 0.00000264. The molecule has 2 N–H and O–H groups in total. The van der Waals surface area contributed by atoms with Crippen molar-refractivity contribution in [3.05, 3.63) is 28.2 Å². The van der Waals surface area contributed by atoms with Gasteiger partial charge in [0.15, 0.2) is 0 Å². The third-order valence-corrected chi connectivity index (χ3v) is 4.35. The minimum atomic E-state index is -0.266. The van der Waals surface area contributed by atoms with Crippen molar-refractivity contribution in [2.24, 2.45) is 5.92 Å². The average molecular weight is 381 g/mol. The second-order valence-electron chi connectivity index (χ2n) is 5.41. The lowest BCUT2D eigenvalue weighted by molar-refractivity contribution is -0.137. The molecule has 1 aliphatic rings. The van der Waals surface area contributed by atoms with Crippen molar-refractivity contribution in [1.29, 1.82) is 0 Å². The molecule has 1 aliphatic heterocycles. The molecule has 1 fully saturated rings. The van der Waals surface area contributed by atoms with Crippen LogP contribution in [0.3, 0.4) is 0 Å². The Morgan fingerprint density at radius 2 is 2.09 bits per heavy atom. The fourth-order valence-electron chi connectivity index (χ4n) is 2.44. The predicted octanol–water partition coefficient (Wildman–Crippen LogP) is 2.81. The summed E-state index contributed by atoms with van der Waals surface area (Å²) in [5, 5.41) is 6.71. The second kappa shape index (κ2) is 9.33. The van der Waals surface area contributed by atoms with Crippen molar-refractivity contribution >= 4 is 53.1 Å². The van der Waals surface area contributed by atoms with E-state index in [1.165, 1.54) is 4.90 Å². The summed E-state index contributed by atoms with van der Waals surface area (Å²) in [5.41, 5.74) is 0.555. The normalized spacial score (nSPS) is 17.1. The SMILES string of the molecule is CN(CC(=O)Nc1ccc(Cl)c(Cl)c1)C(=O)C1CCCNC1.Cl. The topological polar surface area (TPSA) is 61.4 Å². The number of nitrogens with zero attached hydrogens (tertiary/aromatic N) is 1. The lowest BCUT2D eigenvalue weighted by Gasteiger charge is -2.26. The highest BCUT2D eigenvalue weighted by Gasteiger charge is 2.24. The molecular weight excluding hydrogens is 361 g/mol. The maximum Gasteiger partial charge on any atom is 0.243 e. The van der Waals surface area contributed by atoms with E-state index in [9.17, 15) is 9.59 Å². The Kier molecular flexibility index (Phi) is 8.12. The van der Waals surface area contributed by atoms with Crippen molar-refractivity contribution in [1.82, 2.24) is 10.2 Å². The predicted molar refractivity (Wildman–Crippen MR) is 95.6 cm³/mol. The molecule has 0 radical (unpaired) electrons. The quantitative estimate of drug-likeness (QED) is 0.844. The molecule has 5 nitrogen and oxygen atoms in total. The summed E-state index contributed by atoms with van der Waals surface area (Å²) >= 11 is 11.7. The molecule has 1 aromatic rings. The Labute approximate surface area is 152 Å². The summed E-state index contributed by atoms with van der Waals surface area (Å²) in [6, 6.07) is 4.86. The van der Waals surface area contributed by atoms with Crippen LogP contribution in [0.2, 0.25) is 10.0 Å². The van der Waals surface area contributed by atoms with Crippen LogP contribution in [-0.2, 0) is 9.59 Å². The van der Waals surface area contributed by atoms with Crippen molar-refractivity contribution in [2.45, 2.75) is 12.8 Å². The molecule has 0 aliphatic carbocycles. The number of benzene rings is 1. The van der Waals surface area contributed by atoms with Crippen LogP contribution in [0.25, 0.3) is 0 Å². The van der Waals surface area contributed by atoms with Gasteiger partial charge in [-0.2, -0.15) is 0 Å². The van der Waals surface area contributed by atoms with E-state index in [1.807, 2.05) is 0 Å². The zero-order chi connectivity index (χ0) is 16.1. The first-order chi connectivity index (χ1) is 10.5. The van der Waals surface area contributed by atoms with Gasteiger partial charge in [0.05, 0.1) is 22.5 Å². The van der Waals surface area contributed by atoms with Gasteiger partial charge >= 0.3 is 0 Å². The molecule has 23 heavy (non-hydrogen) atoms. The first kappa shape index (κ1) is 20.0. The lowest BCUT2D eigenvalue weighted by Crippen LogP contribution is -2.43. The van der Waals surface area contributed by atoms with Crippen LogP contribution in [0.15, 0.2) is 18.2 Å². The summed E-state index contributed by atoms with van der Waals surface area (Å²) in [6.45, 7) is 1.64. The highest BCUT2D eigenvalue weighted by molar-refractivity contribution is 6.42. The molecule has 1 heterocycles. The third kappa shape index (κ3) is 5.84. The monoisotopic (exact) mass is 379 g/mol. The molecule has 2 amide bonds. The number of hydrogen-bond donors (Lipinski definition) is 2. The summed E-state index contributed by atoms with van der Waals surface area (Å²) in [6.07, 6.45) is 1.85. The van der Waals surface area contributed by atoms with Crippen LogP contribution in [-0.4, -0.2) is 43.4 Å². The van der Waals surface area contributed by atoms with Crippen molar-refractivity contribution in [3.63, 3.8) is 0 Å². The number of halogens is 3. The van der Waals surface area contributed by atoms with Gasteiger partial charge in [-0.05, 0) is 37.6 Å². The zero-order valence-electron chi connectivity index (χ0n) is 12.8. The number of hydrogen-bond acceptors (Lipinski definition) is 3. The van der Waals surface area contributed by atoms with Crippen LogP contribution in [0, 0.1) is 5.92 Å². The van der Waals surface area contributed by atoms with Gasteiger partial charge in [-0.25, -0.2) is 0 Å². The average Bonchev–Trinajstić information content (AvgIpc) is 2.51. The van der Waals surface area contributed by atoms with Gasteiger partial charge < -0.3 is 15.5 Å². The summed E-state index contributed by atoms with van der Waals surface area (Å²) in [5.74, 6) is -0.314. The molecule has 0 bridgehead atoms. The molecule has 2 rings (SSSR count). The Morgan fingerprint density at radius 3 is 2.70 bits per heavy atom. The van der Waals surface area contributed by atoms with E-state index in [4.69, 9.17) is 23.2 Å². The van der Waals surface area contributed by atoms with Gasteiger partial charge in [-0.3, -0.25) is 9.59 Å². The number of carbonyl (C=O) groups is 2. The van der Waals surface area contributed by atoms with Crippen molar-refractivity contribution < 1.29 is 9.59 Å². The standard InChI is InChI=1S/C15H19Cl2N3O2.ClH/c1-20(15(22)10-3-2-6-18-8-10)9-14(21)19-11-4-5-12(16)13(17)7-11;/h4-5,7,10,18H,2-3,6,8-9H2,1H3,(H,19,21);1H. The first-order valence-corrected chi connectivity index (χ1v) is 7.93. The molecule has 0 aromatic heterocycles. The van der Waals surface area contributed by atoms with Gasteiger partial charge in [0, 0.05) is 19.3 Å². The Bertz CT molecular complexity index is 563. The van der Waals surface area contributed by atoms with Crippen LogP contribution in [0.5, 0.6) is 0 Å². The van der Waals surface area contributed by atoms with Crippen LogP contribution >= 0.6 is 35.6 Å². The number of amides is 2. The van der Waals surface area contributed by atoms with E-state index < -0.39 is 0 Å². The minimum Gasteiger partial charge on any atom is -0.336 e. The molecular formula is C15H20Cl3N3O2. The van der Waals surface area contributed by atoms with Crippen LogP contribution < -0.4 is 10.6 Å². The second-order valence-corrected chi connectivity index (χ2v) is 6.23. The molecule has 1 unspecified atom stereocenters. The fraction of sp³-hybridized carbons (Fsp3) is 0.467. The van der Waals surface area contributed by atoms with Gasteiger partial charge in [-0.1, -0.05) is 23.2 Å². The summed E-state index contributed by atoms with van der Waals surface area (Å²) in [7, 11) is 1.64. The van der Waals surface area contributed by atoms with Gasteiger partial charge in [0.1, 0.15) is 0 Å². The number of carbonyl (C=O) groups excluding carboxylic acids is 2. The molecule has 8 heteroatoms. The summed E-state index contributed by atoms with van der Waals surface area (Å²) in [4.78, 5) is 25.7. The van der Waals surface area contributed by atoms with Crippen molar-refractivity contribution in [3.8, 4) is 0 Å². The first-order valence-electron chi connectivity index (χ1n) is 7.18. The molecule has 0 saturated carbocycles.